The van der Waals surface area contributed by atoms with E-state index in [-0.39, 0.29) is 30.8 Å². The van der Waals surface area contributed by atoms with Crippen LogP contribution in [0.4, 0.5) is 0 Å². The van der Waals surface area contributed by atoms with E-state index in [1.165, 1.54) is 17.7 Å². The maximum Gasteiger partial charge on any atom is 0.119 e. The number of nitrogens with one attached hydrogen (secondary N) is 1. The van der Waals surface area contributed by atoms with Gasteiger partial charge >= 0.3 is 0 Å². The minimum absolute atomic E-state index is 0. The van der Waals surface area contributed by atoms with Crippen LogP contribution in [-0.2, 0) is 11.2 Å². The lowest BCUT2D eigenvalue weighted by atomic mass is 10.0. The van der Waals surface area contributed by atoms with Gasteiger partial charge in [-0.3, -0.25) is 0 Å². The van der Waals surface area contributed by atoms with Gasteiger partial charge in [0.05, 0.1) is 12.7 Å². The topological polar surface area (TPSA) is 91.2 Å². The van der Waals surface area contributed by atoms with Crippen LogP contribution in [-0.4, -0.2) is 54.3 Å². The molecule has 3 atom stereocenters. The quantitative estimate of drug-likeness (QED) is 0.454. The Morgan fingerprint density at radius 3 is 2.25 bits per heavy atom. The summed E-state index contributed by atoms with van der Waals surface area (Å²) in [4.78, 5) is 0. The fraction of sp³-hybridized carbons (Fsp3) is 0.429. The molecule has 0 bridgehead atoms. The summed E-state index contributed by atoms with van der Waals surface area (Å²) in [5, 5.41) is 32.8. The molecular formula is C21H30ClNO5. The van der Waals surface area contributed by atoms with Crippen molar-refractivity contribution < 1.29 is 24.8 Å². The second-order valence-corrected chi connectivity index (χ2v) is 6.58. The van der Waals surface area contributed by atoms with E-state index in [2.05, 4.69) is 5.32 Å². The van der Waals surface area contributed by atoms with Gasteiger partial charge in [-0.1, -0.05) is 24.3 Å². The SMILES string of the molecule is COCCc1ccc(OCC(O)CNC(C)C(O)c2ccc(O)cc2)cc1.Cl. The summed E-state index contributed by atoms with van der Waals surface area (Å²) in [5.74, 6) is 0.859. The molecule has 2 rings (SSSR count). The summed E-state index contributed by atoms with van der Waals surface area (Å²) in [6.07, 6.45) is -0.587. The van der Waals surface area contributed by atoms with Crippen LogP contribution >= 0.6 is 12.4 Å². The zero-order chi connectivity index (χ0) is 19.6. The lowest BCUT2D eigenvalue weighted by molar-refractivity contribution is 0.0876. The molecule has 2 aromatic carbocycles. The largest absolute Gasteiger partial charge is 0.508 e. The lowest BCUT2D eigenvalue weighted by Gasteiger charge is -2.22. The van der Waals surface area contributed by atoms with Crippen molar-refractivity contribution in [2.24, 2.45) is 0 Å². The number of rotatable bonds is 11. The van der Waals surface area contributed by atoms with Crippen LogP contribution in [0.25, 0.3) is 0 Å². The van der Waals surface area contributed by atoms with Gasteiger partial charge < -0.3 is 30.1 Å². The van der Waals surface area contributed by atoms with E-state index in [0.717, 1.165) is 6.42 Å². The summed E-state index contributed by atoms with van der Waals surface area (Å²) < 4.78 is 10.7. The van der Waals surface area contributed by atoms with Crippen LogP contribution in [0.2, 0.25) is 0 Å². The van der Waals surface area contributed by atoms with Gasteiger partial charge in [0.1, 0.15) is 24.2 Å². The van der Waals surface area contributed by atoms with E-state index in [9.17, 15) is 15.3 Å². The number of phenols is 1. The summed E-state index contributed by atoms with van der Waals surface area (Å²) in [5.41, 5.74) is 1.87. The number of methoxy groups -OCH3 is 1. The maximum absolute atomic E-state index is 10.3. The molecule has 0 radical (unpaired) electrons. The Balaban J connectivity index is 0.00000392. The molecule has 0 fully saturated rings. The average molecular weight is 412 g/mol. The molecular weight excluding hydrogens is 382 g/mol. The third-order valence-corrected chi connectivity index (χ3v) is 4.34. The van der Waals surface area contributed by atoms with Gasteiger partial charge in [-0.05, 0) is 48.7 Å². The molecule has 3 unspecified atom stereocenters. The first-order valence-electron chi connectivity index (χ1n) is 9.08. The van der Waals surface area contributed by atoms with Gasteiger partial charge in [-0.15, -0.1) is 12.4 Å². The smallest absolute Gasteiger partial charge is 0.119 e. The van der Waals surface area contributed by atoms with E-state index >= 15 is 0 Å². The van der Waals surface area contributed by atoms with Crippen molar-refractivity contribution in [3.05, 3.63) is 59.7 Å². The normalized spacial score (nSPS) is 14.0. The van der Waals surface area contributed by atoms with Gasteiger partial charge in [0.2, 0.25) is 0 Å². The predicted octanol–water partition coefficient (Wildman–Crippen LogP) is 2.45. The molecule has 2 aromatic rings. The molecule has 0 saturated carbocycles. The zero-order valence-electron chi connectivity index (χ0n) is 16.2. The van der Waals surface area contributed by atoms with Gasteiger partial charge in [0.25, 0.3) is 0 Å². The second-order valence-electron chi connectivity index (χ2n) is 6.58. The molecule has 0 aliphatic carbocycles. The van der Waals surface area contributed by atoms with Gasteiger partial charge in [0.15, 0.2) is 0 Å². The number of aliphatic hydroxyl groups excluding tert-OH is 2. The Hall–Kier alpha value is -1.83. The van der Waals surface area contributed by atoms with Crippen LogP contribution < -0.4 is 10.1 Å². The fourth-order valence-electron chi connectivity index (χ4n) is 2.62. The lowest BCUT2D eigenvalue weighted by Crippen LogP contribution is -2.39. The Bertz CT molecular complexity index is 666. The van der Waals surface area contributed by atoms with E-state index in [0.29, 0.717) is 24.5 Å². The van der Waals surface area contributed by atoms with Crippen LogP contribution in [0.3, 0.4) is 0 Å². The summed E-state index contributed by atoms with van der Waals surface area (Å²) in [7, 11) is 1.68. The van der Waals surface area contributed by atoms with E-state index in [1.807, 2.05) is 31.2 Å². The van der Waals surface area contributed by atoms with E-state index in [4.69, 9.17) is 9.47 Å². The number of halogens is 1. The minimum atomic E-state index is -0.738. The third kappa shape index (κ3) is 8.04. The highest BCUT2D eigenvalue weighted by Crippen LogP contribution is 2.19. The first kappa shape index (κ1) is 24.2. The van der Waals surface area contributed by atoms with Crippen LogP contribution in [0.5, 0.6) is 11.5 Å². The maximum atomic E-state index is 10.3. The molecule has 4 N–H and O–H groups in total. The van der Waals surface area contributed by atoms with Gasteiger partial charge in [0, 0.05) is 19.7 Å². The highest BCUT2D eigenvalue weighted by atomic mass is 35.5. The molecule has 0 heterocycles. The fourth-order valence-corrected chi connectivity index (χ4v) is 2.62. The van der Waals surface area contributed by atoms with Crippen molar-refractivity contribution in [3.63, 3.8) is 0 Å². The summed E-state index contributed by atoms with van der Waals surface area (Å²) in [6, 6.07) is 13.9. The van der Waals surface area contributed by atoms with Crippen molar-refractivity contribution in [1.29, 1.82) is 0 Å². The molecule has 28 heavy (non-hydrogen) atoms. The number of benzene rings is 2. The molecule has 0 spiro atoms. The number of ether oxygens (including phenoxy) is 2. The average Bonchev–Trinajstić information content (AvgIpc) is 2.69. The molecule has 6 nitrogen and oxygen atoms in total. The number of aromatic hydroxyl groups is 1. The van der Waals surface area contributed by atoms with E-state index in [1.54, 1.807) is 19.2 Å². The Labute approximate surface area is 172 Å². The Morgan fingerprint density at radius 1 is 1.00 bits per heavy atom. The molecule has 7 heteroatoms. The van der Waals surface area contributed by atoms with Crippen molar-refractivity contribution in [2.75, 3.05) is 26.9 Å². The number of aliphatic hydroxyl groups is 2. The second kappa shape index (κ2) is 12.6. The molecule has 0 aromatic heterocycles. The zero-order valence-corrected chi connectivity index (χ0v) is 17.1. The summed E-state index contributed by atoms with van der Waals surface area (Å²) in [6.45, 7) is 2.97. The van der Waals surface area contributed by atoms with E-state index < -0.39 is 12.2 Å². The van der Waals surface area contributed by atoms with Crippen molar-refractivity contribution >= 4 is 12.4 Å². The first-order valence-corrected chi connectivity index (χ1v) is 9.08. The highest BCUT2D eigenvalue weighted by molar-refractivity contribution is 5.85. The Morgan fingerprint density at radius 2 is 1.64 bits per heavy atom. The molecule has 156 valence electrons. The Kier molecular flexibility index (Phi) is 10.9. The highest BCUT2D eigenvalue weighted by Gasteiger charge is 2.17. The molecule has 0 amide bonds. The first-order chi connectivity index (χ1) is 13.0. The van der Waals surface area contributed by atoms with Gasteiger partial charge in [-0.25, -0.2) is 0 Å². The third-order valence-electron chi connectivity index (χ3n) is 4.34. The molecule has 0 saturated heterocycles. The van der Waals surface area contributed by atoms with Gasteiger partial charge in [-0.2, -0.15) is 0 Å². The van der Waals surface area contributed by atoms with Crippen LogP contribution in [0.1, 0.15) is 24.2 Å². The van der Waals surface area contributed by atoms with Crippen molar-refractivity contribution in [2.45, 2.75) is 31.6 Å². The van der Waals surface area contributed by atoms with Crippen molar-refractivity contribution in [3.8, 4) is 11.5 Å². The standard InChI is InChI=1S/C21H29NO5.ClH/c1-15(21(25)17-5-7-18(23)8-6-17)22-13-19(24)14-27-20-9-3-16(4-10-20)11-12-26-2;/h3-10,15,19,21-25H,11-14H2,1-2H3;1H. The molecule has 0 aliphatic rings. The van der Waals surface area contributed by atoms with Crippen LogP contribution in [0, 0.1) is 0 Å². The summed E-state index contributed by atoms with van der Waals surface area (Å²) >= 11 is 0. The van der Waals surface area contributed by atoms with Crippen LogP contribution in [0.15, 0.2) is 48.5 Å². The monoisotopic (exact) mass is 411 g/mol. The number of hydrogen-bond donors (Lipinski definition) is 4. The molecule has 0 aliphatic heterocycles. The predicted molar refractivity (Wildman–Crippen MR) is 111 cm³/mol. The number of phenolic OH excluding ortho intramolecular Hbond substituents is 1. The van der Waals surface area contributed by atoms with Crippen molar-refractivity contribution in [1.82, 2.24) is 5.32 Å². The minimum Gasteiger partial charge on any atom is -0.508 e. The number of hydrogen-bond acceptors (Lipinski definition) is 6.